The van der Waals surface area contributed by atoms with Crippen LogP contribution in [0.25, 0.3) is 0 Å². The van der Waals surface area contributed by atoms with Crippen molar-refractivity contribution in [3.05, 3.63) is 53.1 Å². The second-order valence-corrected chi connectivity index (χ2v) is 9.76. The number of hydrogen-bond acceptors (Lipinski definition) is 6. The Kier molecular flexibility index (Phi) is 8.18. The van der Waals surface area contributed by atoms with Crippen LogP contribution in [0.4, 0.5) is 0 Å². The molecular weight excluding hydrogens is 458 g/mol. The van der Waals surface area contributed by atoms with Crippen molar-refractivity contribution in [3.8, 4) is 5.75 Å². The number of carbonyl (C=O) groups is 3. The van der Waals surface area contributed by atoms with Gasteiger partial charge in [-0.05, 0) is 63.6 Å². The summed E-state index contributed by atoms with van der Waals surface area (Å²) in [5, 5.41) is 6.11. The minimum absolute atomic E-state index is 0.0453. The molecule has 0 saturated carbocycles. The van der Waals surface area contributed by atoms with Gasteiger partial charge in [0.1, 0.15) is 12.1 Å². The highest BCUT2D eigenvalue weighted by molar-refractivity contribution is 5.97. The maximum absolute atomic E-state index is 13.4. The summed E-state index contributed by atoms with van der Waals surface area (Å²) in [4.78, 5) is 49.1. The van der Waals surface area contributed by atoms with Gasteiger partial charge in [0, 0.05) is 32.4 Å². The lowest BCUT2D eigenvalue weighted by Crippen LogP contribution is -2.50. The fraction of sp³-hybridized carbons (Fsp3) is 0.519. The van der Waals surface area contributed by atoms with Crippen molar-refractivity contribution >= 4 is 17.7 Å². The SMILES string of the molecule is Cc1ccc2c(c1)OCCCNC(=O)C1(CCCCNC2=O)CCN(C(=O)c2cncnc2C)CC1. The normalized spacial score (nSPS) is 19.2. The summed E-state index contributed by atoms with van der Waals surface area (Å²) in [6, 6.07) is 5.58. The molecule has 4 rings (SSSR count). The number of rotatable bonds is 1. The number of piperidine rings is 1. The molecule has 0 bridgehead atoms. The van der Waals surface area contributed by atoms with Crippen LogP contribution in [0.2, 0.25) is 0 Å². The predicted octanol–water partition coefficient (Wildman–Crippen LogP) is 2.81. The highest BCUT2D eigenvalue weighted by atomic mass is 16.5. The van der Waals surface area contributed by atoms with Crippen molar-refractivity contribution in [2.45, 2.75) is 52.4 Å². The van der Waals surface area contributed by atoms with E-state index in [9.17, 15) is 14.4 Å². The smallest absolute Gasteiger partial charge is 0.257 e. The second kappa shape index (κ2) is 11.5. The molecular formula is C27H35N5O4. The number of fused-ring (bicyclic) bond motifs is 1. The minimum atomic E-state index is -0.524. The van der Waals surface area contributed by atoms with Gasteiger partial charge in [0.05, 0.1) is 28.8 Å². The molecule has 1 spiro atoms. The van der Waals surface area contributed by atoms with Crippen molar-refractivity contribution in [3.63, 3.8) is 0 Å². The molecule has 2 N–H and O–H groups in total. The zero-order valence-corrected chi connectivity index (χ0v) is 21.1. The van der Waals surface area contributed by atoms with E-state index in [1.165, 1.54) is 6.33 Å². The quantitative estimate of drug-likeness (QED) is 0.632. The molecule has 3 heterocycles. The first-order valence-corrected chi connectivity index (χ1v) is 12.8. The van der Waals surface area contributed by atoms with Crippen molar-refractivity contribution in [1.29, 1.82) is 0 Å². The number of benzene rings is 1. The molecule has 0 radical (unpaired) electrons. The first-order valence-electron chi connectivity index (χ1n) is 12.8. The Morgan fingerprint density at radius 2 is 1.81 bits per heavy atom. The molecule has 1 aromatic heterocycles. The average Bonchev–Trinajstić information content (AvgIpc) is 2.88. The largest absolute Gasteiger partial charge is 0.493 e. The van der Waals surface area contributed by atoms with Gasteiger partial charge in [-0.2, -0.15) is 0 Å². The summed E-state index contributed by atoms with van der Waals surface area (Å²) in [5.41, 5.74) is 2.20. The van der Waals surface area contributed by atoms with E-state index in [2.05, 4.69) is 20.6 Å². The van der Waals surface area contributed by atoms with Crippen LogP contribution < -0.4 is 15.4 Å². The van der Waals surface area contributed by atoms with Crippen LogP contribution in [-0.2, 0) is 4.79 Å². The average molecular weight is 494 g/mol. The van der Waals surface area contributed by atoms with Crippen molar-refractivity contribution in [2.75, 3.05) is 32.8 Å². The summed E-state index contributed by atoms with van der Waals surface area (Å²) in [7, 11) is 0. The number of amides is 3. The van der Waals surface area contributed by atoms with Crippen LogP contribution in [0.15, 0.2) is 30.7 Å². The van der Waals surface area contributed by atoms with Crippen molar-refractivity contribution in [1.82, 2.24) is 25.5 Å². The number of nitrogens with zero attached hydrogens (tertiary/aromatic N) is 3. The summed E-state index contributed by atoms with van der Waals surface area (Å²) < 4.78 is 5.91. The van der Waals surface area contributed by atoms with E-state index >= 15 is 0 Å². The lowest BCUT2D eigenvalue weighted by molar-refractivity contribution is -0.134. The van der Waals surface area contributed by atoms with Gasteiger partial charge in [-0.15, -0.1) is 0 Å². The van der Waals surface area contributed by atoms with E-state index in [4.69, 9.17) is 4.74 Å². The van der Waals surface area contributed by atoms with Crippen LogP contribution in [-0.4, -0.2) is 65.4 Å². The Balaban J connectivity index is 1.41. The summed E-state index contributed by atoms with van der Waals surface area (Å²) >= 11 is 0. The van der Waals surface area contributed by atoms with Gasteiger partial charge in [0.2, 0.25) is 5.91 Å². The van der Waals surface area contributed by atoms with E-state index in [-0.39, 0.29) is 17.7 Å². The Morgan fingerprint density at radius 3 is 2.58 bits per heavy atom. The molecule has 3 amide bonds. The maximum Gasteiger partial charge on any atom is 0.257 e. The minimum Gasteiger partial charge on any atom is -0.493 e. The number of ether oxygens (including phenoxy) is 1. The van der Waals surface area contributed by atoms with Crippen molar-refractivity contribution in [2.24, 2.45) is 5.41 Å². The molecule has 36 heavy (non-hydrogen) atoms. The Bertz CT molecular complexity index is 1110. The number of nitrogens with one attached hydrogen (secondary N) is 2. The van der Waals surface area contributed by atoms with Gasteiger partial charge in [-0.1, -0.05) is 12.5 Å². The van der Waals surface area contributed by atoms with E-state index in [0.29, 0.717) is 74.6 Å². The van der Waals surface area contributed by atoms with Gasteiger partial charge >= 0.3 is 0 Å². The maximum atomic E-state index is 13.4. The van der Waals surface area contributed by atoms with Gasteiger partial charge in [0.15, 0.2) is 0 Å². The molecule has 1 saturated heterocycles. The molecule has 1 aromatic carbocycles. The van der Waals surface area contributed by atoms with Crippen LogP contribution in [0.1, 0.15) is 70.5 Å². The zero-order valence-electron chi connectivity index (χ0n) is 21.1. The van der Waals surface area contributed by atoms with Crippen LogP contribution in [0.3, 0.4) is 0 Å². The third kappa shape index (κ3) is 5.83. The van der Waals surface area contributed by atoms with Gasteiger partial charge in [0.25, 0.3) is 11.8 Å². The molecule has 0 unspecified atom stereocenters. The van der Waals surface area contributed by atoms with Crippen LogP contribution in [0, 0.1) is 19.3 Å². The molecule has 0 atom stereocenters. The molecule has 1 fully saturated rings. The predicted molar refractivity (Wildman–Crippen MR) is 135 cm³/mol. The molecule has 9 nitrogen and oxygen atoms in total. The van der Waals surface area contributed by atoms with Crippen molar-refractivity contribution < 1.29 is 19.1 Å². The van der Waals surface area contributed by atoms with E-state index in [0.717, 1.165) is 24.8 Å². The number of carbonyl (C=O) groups excluding carboxylic acids is 3. The summed E-state index contributed by atoms with van der Waals surface area (Å²) in [5.74, 6) is 0.385. The standard InChI is InChI=1S/C27H35N5O4/c1-19-6-7-21-23(16-19)36-15-5-12-30-26(35)27(8-3-4-11-29-24(21)33)9-13-32(14-10-27)25(34)22-17-28-18-31-20(22)2/h6-7,16-18H,3-5,8-15H2,1-2H3,(H,29,33)(H,30,35). The molecule has 192 valence electrons. The Labute approximate surface area is 212 Å². The lowest BCUT2D eigenvalue weighted by atomic mass is 9.73. The molecule has 9 heteroatoms. The molecule has 2 aliphatic rings. The highest BCUT2D eigenvalue weighted by Gasteiger charge is 2.41. The number of hydrogen-bond donors (Lipinski definition) is 2. The number of aryl methyl sites for hydroxylation is 2. The monoisotopic (exact) mass is 493 g/mol. The summed E-state index contributed by atoms with van der Waals surface area (Å²) in [6.45, 7) is 6.21. The highest BCUT2D eigenvalue weighted by Crippen LogP contribution is 2.37. The lowest BCUT2D eigenvalue weighted by Gasteiger charge is -2.41. The van der Waals surface area contributed by atoms with Gasteiger partial charge < -0.3 is 20.3 Å². The summed E-state index contributed by atoms with van der Waals surface area (Å²) in [6.07, 6.45) is 7.13. The van der Waals surface area contributed by atoms with Gasteiger partial charge in [-0.3, -0.25) is 14.4 Å². The third-order valence-corrected chi connectivity index (χ3v) is 7.24. The fourth-order valence-corrected chi connectivity index (χ4v) is 4.97. The molecule has 2 aliphatic heterocycles. The van der Waals surface area contributed by atoms with E-state index in [1.54, 1.807) is 24.1 Å². The Morgan fingerprint density at radius 1 is 1.03 bits per heavy atom. The van der Waals surface area contributed by atoms with E-state index < -0.39 is 5.41 Å². The van der Waals surface area contributed by atoms with Gasteiger partial charge in [-0.25, -0.2) is 9.97 Å². The third-order valence-electron chi connectivity index (χ3n) is 7.24. The number of likely N-dealkylation sites (tertiary alicyclic amines) is 1. The number of aromatic nitrogens is 2. The topological polar surface area (TPSA) is 114 Å². The van der Waals surface area contributed by atoms with Crippen LogP contribution >= 0.6 is 0 Å². The first kappa shape index (κ1) is 25.6. The molecule has 0 aliphatic carbocycles. The molecule has 2 aromatic rings. The van der Waals surface area contributed by atoms with Crippen LogP contribution in [0.5, 0.6) is 5.75 Å². The first-order chi connectivity index (χ1) is 17.4. The zero-order chi connectivity index (χ0) is 25.5. The fourth-order valence-electron chi connectivity index (χ4n) is 4.97. The second-order valence-electron chi connectivity index (χ2n) is 9.76. The van der Waals surface area contributed by atoms with E-state index in [1.807, 2.05) is 19.1 Å². The Hall–Kier alpha value is -3.49.